The Kier molecular flexibility index (Phi) is 2.56. The van der Waals surface area contributed by atoms with Gasteiger partial charge in [-0.05, 0) is 47.1 Å². The summed E-state index contributed by atoms with van der Waals surface area (Å²) in [6.45, 7) is 2.69. The van der Waals surface area contributed by atoms with Crippen molar-refractivity contribution in [3.63, 3.8) is 0 Å². The van der Waals surface area contributed by atoms with Gasteiger partial charge in [-0.1, -0.05) is 0 Å². The van der Waals surface area contributed by atoms with Gasteiger partial charge in [-0.15, -0.1) is 0 Å². The second-order valence-corrected chi connectivity index (χ2v) is 4.07. The van der Waals surface area contributed by atoms with E-state index in [1.165, 1.54) is 5.56 Å². The first-order chi connectivity index (χ1) is 6.72. The van der Waals surface area contributed by atoms with Crippen molar-refractivity contribution in [1.29, 1.82) is 0 Å². The molecule has 0 aromatic carbocycles. The lowest BCUT2D eigenvalue weighted by atomic mass is 10.3. The molecule has 0 saturated carbocycles. The van der Waals surface area contributed by atoms with Gasteiger partial charge in [0.2, 0.25) is 0 Å². The zero-order valence-corrected chi connectivity index (χ0v) is 9.58. The van der Waals surface area contributed by atoms with Crippen LogP contribution < -0.4 is 5.73 Å². The minimum Gasteiger partial charge on any atom is -0.330 e. The molecule has 0 saturated heterocycles. The van der Waals surface area contributed by atoms with E-state index in [1.807, 2.05) is 10.6 Å². The van der Waals surface area contributed by atoms with E-state index in [-0.39, 0.29) is 0 Å². The summed E-state index contributed by atoms with van der Waals surface area (Å²) in [6.07, 6.45) is 2.82. The second-order valence-electron chi connectivity index (χ2n) is 3.32. The fourth-order valence-electron chi connectivity index (χ4n) is 1.46. The molecule has 0 atom stereocenters. The molecule has 0 radical (unpaired) electrons. The molecule has 0 bridgehead atoms. The number of aromatic nitrogens is 2. The van der Waals surface area contributed by atoms with E-state index in [0.29, 0.717) is 6.54 Å². The van der Waals surface area contributed by atoms with Crippen molar-refractivity contribution in [2.75, 3.05) is 6.54 Å². The fraction of sp³-hybridized carbons (Fsp3) is 0.300. The number of aryl methyl sites for hydroxylation is 1. The number of nitrogens with two attached hydrogens (primary N) is 1. The number of halogens is 1. The van der Waals surface area contributed by atoms with Crippen molar-refractivity contribution in [3.8, 4) is 0 Å². The van der Waals surface area contributed by atoms with Gasteiger partial charge in [-0.2, -0.15) is 0 Å². The molecule has 2 aromatic rings. The molecule has 0 amide bonds. The van der Waals surface area contributed by atoms with Crippen LogP contribution in [-0.4, -0.2) is 15.9 Å². The maximum absolute atomic E-state index is 5.51. The number of hydrogen-bond donors (Lipinski definition) is 1. The minimum atomic E-state index is 0.626. The van der Waals surface area contributed by atoms with Crippen LogP contribution in [-0.2, 0) is 6.42 Å². The Morgan fingerprint density at radius 1 is 1.57 bits per heavy atom. The summed E-state index contributed by atoms with van der Waals surface area (Å²) < 4.78 is 3.04. The van der Waals surface area contributed by atoms with Crippen LogP contribution >= 0.6 is 15.9 Å². The molecule has 14 heavy (non-hydrogen) atoms. The largest absolute Gasteiger partial charge is 0.330 e. The summed E-state index contributed by atoms with van der Waals surface area (Å²) in [5.74, 6) is 0. The molecule has 0 aliphatic heterocycles. The standard InChI is InChI=1S/C10H12BrN3/c1-7-3-5-14-9(6-7)13-8(2-4-12)10(14)11/h3,5-6H,2,4,12H2,1H3. The van der Waals surface area contributed by atoms with Gasteiger partial charge in [0.25, 0.3) is 0 Å². The molecule has 0 unspecified atom stereocenters. The van der Waals surface area contributed by atoms with Crippen LogP contribution in [0.5, 0.6) is 0 Å². The summed E-state index contributed by atoms with van der Waals surface area (Å²) in [7, 11) is 0. The third-order valence-electron chi connectivity index (χ3n) is 2.17. The highest BCUT2D eigenvalue weighted by molar-refractivity contribution is 9.10. The van der Waals surface area contributed by atoms with Crippen LogP contribution in [0.1, 0.15) is 11.3 Å². The van der Waals surface area contributed by atoms with Gasteiger partial charge in [0.15, 0.2) is 0 Å². The molecule has 0 spiro atoms. The predicted octanol–water partition coefficient (Wildman–Crippen LogP) is 1.91. The molecule has 2 heterocycles. The smallest absolute Gasteiger partial charge is 0.138 e. The van der Waals surface area contributed by atoms with Gasteiger partial charge in [0.1, 0.15) is 10.3 Å². The third-order valence-corrected chi connectivity index (χ3v) is 3.01. The van der Waals surface area contributed by atoms with Gasteiger partial charge in [-0.3, -0.25) is 4.40 Å². The van der Waals surface area contributed by atoms with Crippen molar-refractivity contribution in [2.45, 2.75) is 13.3 Å². The summed E-state index contributed by atoms with van der Waals surface area (Å²) in [5, 5.41) is 0. The highest BCUT2D eigenvalue weighted by Gasteiger charge is 2.07. The van der Waals surface area contributed by atoms with Crippen LogP contribution in [0.25, 0.3) is 5.65 Å². The monoisotopic (exact) mass is 253 g/mol. The molecule has 0 aliphatic carbocycles. The van der Waals surface area contributed by atoms with Crippen LogP contribution in [0.3, 0.4) is 0 Å². The van der Waals surface area contributed by atoms with Gasteiger partial charge in [0, 0.05) is 12.6 Å². The Balaban J connectivity index is 2.61. The molecule has 74 valence electrons. The zero-order chi connectivity index (χ0) is 10.1. The van der Waals surface area contributed by atoms with Gasteiger partial charge < -0.3 is 5.73 Å². The first-order valence-electron chi connectivity index (χ1n) is 4.55. The number of fused-ring (bicyclic) bond motifs is 1. The number of hydrogen-bond acceptors (Lipinski definition) is 2. The number of imidazole rings is 1. The molecule has 2 aromatic heterocycles. The second kappa shape index (κ2) is 3.71. The van der Waals surface area contributed by atoms with Gasteiger partial charge >= 0.3 is 0 Å². The third kappa shape index (κ3) is 1.55. The lowest BCUT2D eigenvalue weighted by molar-refractivity contribution is 0.928. The van der Waals surface area contributed by atoms with Crippen LogP contribution in [0, 0.1) is 6.92 Å². The van der Waals surface area contributed by atoms with E-state index < -0.39 is 0 Å². The quantitative estimate of drug-likeness (QED) is 0.889. The first-order valence-corrected chi connectivity index (χ1v) is 5.35. The molecule has 2 N–H and O–H groups in total. The van der Waals surface area contributed by atoms with E-state index in [4.69, 9.17) is 5.73 Å². The summed E-state index contributed by atoms with van der Waals surface area (Å²) in [6, 6.07) is 4.12. The molecule has 0 fully saturated rings. The Bertz CT molecular complexity index is 462. The average molecular weight is 254 g/mol. The van der Waals surface area contributed by atoms with Crippen LogP contribution in [0.4, 0.5) is 0 Å². The molecule has 3 nitrogen and oxygen atoms in total. The Morgan fingerprint density at radius 2 is 2.36 bits per heavy atom. The molecule has 0 aliphatic rings. The summed E-state index contributed by atoms with van der Waals surface area (Å²) in [4.78, 5) is 4.50. The average Bonchev–Trinajstić information content (AvgIpc) is 2.44. The predicted molar refractivity (Wildman–Crippen MR) is 60.4 cm³/mol. The van der Waals surface area contributed by atoms with E-state index in [0.717, 1.165) is 22.4 Å². The Labute approximate surface area is 91.1 Å². The van der Waals surface area contributed by atoms with E-state index in [1.54, 1.807) is 0 Å². The highest BCUT2D eigenvalue weighted by Crippen LogP contribution is 2.19. The van der Waals surface area contributed by atoms with Crippen LogP contribution in [0.2, 0.25) is 0 Å². The van der Waals surface area contributed by atoms with Crippen LogP contribution in [0.15, 0.2) is 22.9 Å². The van der Waals surface area contributed by atoms with Gasteiger partial charge in [-0.25, -0.2) is 4.98 Å². The van der Waals surface area contributed by atoms with Crippen molar-refractivity contribution in [2.24, 2.45) is 5.73 Å². The van der Waals surface area contributed by atoms with E-state index in [2.05, 4.69) is 40.0 Å². The minimum absolute atomic E-state index is 0.626. The lowest BCUT2D eigenvalue weighted by Gasteiger charge is -1.96. The topological polar surface area (TPSA) is 43.3 Å². The maximum Gasteiger partial charge on any atom is 0.138 e. The molecule has 2 rings (SSSR count). The maximum atomic E-state index is 5.51. The highest BCUT2D eigenvalue weighted by atomic mass is 79.9. The van der Waals surface area contributed by atoms with E-state index in [9.17, 15) is 0 Å². The zero-order valence-electron chi connectivity index (χ0n) is 8.00. The van der Waals surface area contributed by atoms with E-state index >= 15 is 0 Å². The van der Waals surface area contributed by atoms with Crippen molar-refractivity contribution >= 4 is 21.6 Å². The normalized spacial score (nSPS) is 11.1. The fourth-order valence-corrected chi connectivity index (χ4v) is 2.05. The number of pyridine rings is 1. The summed E-state index contributed by atoms with van der Waals surface area (Å²) >= 11 is 3.52. The van der Waals surface area contributed by atoms with Crippen molar-refractivity contribution in [1.82, 2.24) is 9.38 Å². The SMILES string of the molecule is Cc1ccn2c(Br)c(CCN)nc2c1. The number of rotatable bonds is 2. The van der Waals surface area contributed by atoms with Crippen molar-refractivity contribution in [3.05, 3.63) is 34.2 Å². The Morgan fingerprint density at radius 3 is 3.07 bits per heavy atom. The summed E-state index contributed by atoms with van der Waals surface area (Å²) in [5.41, 5.74) is 8.73. The molecule has 4 heteroatoms. The van der Waals surface area contributed by atoms with Gasteiger partial charge in [0.05, 0.1) is 5.69 Å². The Hall–Kier alpha value is -0.870. The number of nitrogens with zero attached hydrogens (tertiary/aromatic N) is 2. The molecular formula is C10H12BrN3. The lowest BCUT2D eigenvalue weighted by Crippen LogP contribution is -2.03. The van der Waals surface area contributed by atoms with Crippen molar-refractivity contribution < 1.29 is 0 Å². The molecular weight excluding hydrogens is 242 g/mol. The first kappa shape index (κ1) is 9.68.